The minimum Gasteiger partial charge on any atom is -0.377 e. The maximum absolute atomic E-state index is 5.89. The van der Waals surface area contributed by atoms with Crippen LogP contribution in [0.25, 0.3) is 0 Å². The quantitative estimate of drug-likeness (QED) is 0.919. The molecule has 90 valence electrons. The number of rotatable bonds is 4. The average molecular weight is 268 g/mol. The van der Waals surface area contributed by atoms with Gasteiger partial charge in [-0.1, -0.05) is 11.6 Å². The molecule has 2 aromatic rings. The summed E-state index contributed by atoms with van der Waals surface area (Å²) in [6.45, 7) is 0.768. The van der Waals surface area contributed by atoms with Crippen molar-refractivity contribution in [3.63, 3.8) is 0 Å². The normalized spacial score (nSPS) is 10.3. The van der Waals surface area contributed by atoms with Crippen molar-refractivity contribution in [2.45, 2.75) is 6.54 Å². The standard InChI is InChI=1S/C12H14ClN3S/c1-16(2)12-10(4-3-7-14-12)15-8-9-5-6-11(13)17-9/h3-7,15H,8H2,1-2H3. The van der Waals surface area contributed by atoms with Crippen LogP contribution < -0.4 is 10.2 Å². The molecule has 0 aromatic carbocycles. The summed E-state index contributed by atoms with van der Waals surface area (Å²) in [5.74, 6) is 0.940. The van der Waals surface area contributed by atoms with Crippen molar-refractivity contribution in [1.82, 2.24) is 4.98 Å². The molecule has 1 N–H and O–H groups in total. The Hall–Kier alpha value is -1.26. The van der Waals surface area contributed by atoms with Crippen molar-refractivity contribution in [3.05, 3.63) is 39.7 Å². The third kappa shape index (κ3) is 3.11. The molecule has 0 aliphatic carbocycles. The van der Waals surface area contributed by atoms with Gasteiger partial charge >= 0.3 is 0 Å². The van der Waals surface area contributed by atoms with Gasteiger partial charge in [-0.15, -0.1) is 11.3 Å². The zero-order chi connectivity index (χ0) is 12.3. The molecule has 3 nitrogen and oxygen atoms in total. The summed E-state index contributed by atoms with van der Waals surface area (Å²) >= 11 is 7.48. The van der Waals surface area contributed by atoms with Crippen molar-refractivity contribution in [3.8, 4) is 0 Å². The first-order valence-corrected chi connectivity index (χ1v) is 6.46. The highest BCUT2D eigenvalue weighted by Crippen LogP contribution is 2.24. The summed E-state index contributed by atoms with van der Waals surface area (Å²) in [4.78, 5) is 7.54. The van der Waals surface area contributed by atoms with Crippen molar-refractivity contribution >= 4 is 34.4 Å². The lowest BCUT2D eigenvalue weighted by molar-refractivity contribution is 1.05. The van der Waals surface area contributed by atoms with Crippen LogP contribution in [0.3, 0.4) is 0 Å². The Kier molecular flexibility index (Phi) is 3.86. The molecule has 2 aromatic heterocycles. The first kappa shape index (κ1) is 12.2. The number of nitrogens with one attached hydrogen (secondary N) is 1. The van der Waals surface area contributed by atoms with Gasteiger partial charge in [0.15, 0.2) is 5.82 Å². The predicted molar refractivity (Wildman–Crippen MR) is 75.2 cm³/mol. The lowest BCUT2D eigenvalue weighted by Gasteiger charge is -2.16. The molecule has 17 heavy (non-hydrogen) atoms. The summed E-state index contributed by atoms with van der Waals surface area (Å²) in [5.41, 5.74) is 1.03. The van der Waals surface area contributed by atoms with E-state index in [0.717, 1.165) is 22.4 Å². The molecule has 5 heteroatoms. The zero-order valence-electron chi connectivity index (χ0n) is 9.77. The van der Waals surface area contributed by atoms with Crippen molar-refractivity contribution in [2.75, 3.05) is 24.3 Å². The first-order valence-electron chi connectivity index (χ1n) is 5.27. The number of anilines is 2. The molecule has 2 heterocycles. The Morgan fingerprint density at radius 1 is 1.35 bits per heavy atom. The Balaban J connectivity index is 2.08. The van der Waals surface area contributed by atoms with Gasteiger partial charge in [-0.05, 0) is 24.3 Å². The summed E-state index contributed by atoms with van der Waals surface area (Å²) in [7, 11) is 3.96. The molecule has 0 saturated carbocycles. The first-order chi connectivity index (χ1) is 8.16. The second-order valence-corrected chi connectivity index (χ2v) is 5.63. The van der Waals surface area contributed by atoms with Gasteiger partial charge in [0.05, 0.1) is 10.0 Å². The lowest BCUT2D eigenvalue weighted by atomic mass is 10.3. The van der Waals surface area contributed by atoms with E-state index in [2.05, 4.69) is 10.3 Å². The van der Waals surface area contributed by atoms with Crippen LogP contribution in [0.1, 0.15) is 4.88 Å². The Morgan fingerprint density at radius 2 is 2.18 bits per heavy atom. The fraction of sp³-hybridized carbons (Fsp3) is 0.250. The fourth-order valence-corrected chi connectivity index (χ4v) is 2.55. The number of hydrogen-bond donors (Lipinski definition) is 1. The summed E-state index contributed by atoms with van der Waals surface area (Å²) in [5, 5.41) is 3.37. The van der Waals surface area contributed by atoms with Crippen LogP contribution in [0, 0.1) is 0 Å². The molecule has 0 fully saturated rings. The Morgan fingerprint density at radius 3 is 2.82 bits per heavy atom. The maximum Gasteiger partial charge on any atom is 0.151 e. The number of pyridine rings is 1. The minimum absolute atomic E-state index is 0.768. The number of hydrogen-bond acceptors (Lipinski definition) is 4. The van der Waals surface area contributed by atoms with E-state index in [1.807, 2.05) is 43.3 Å². The van der Waals surface area contributed by atoms with Gasteiger partial charge in [0, 0.05) is 31.7 Å². The number of aromatic nitrogens is 1. The van der Waals surface area contributed by atoms with Crippen LogP contribution >= 0.6 is 22.9 Å². The molecule has 0 aliphatic heterocycles. The van der Waals surface area contributed by atoms with E-state index < -0.39 is 0 Å². The fourth-order valence-electron chi connectivity index (χ4n) is 1.52. The van der Waals surface area contributed by atoms with E-state index in [1.54, 1.807) is 17.5 Å². The van der Waals surface area contributed by atoms with E-state index in [9.17, 15) is 0 Å². The van der Waals surface area contributed by atoms with Gasteiger partial charge in [-0.2, -0.15) is 0 Å². The van der Waals surface area contributed by atoms with Crippen molar-refractivity contribution in [1.29, 1.82) is 0 Å². The van der Waals surface area contributed by atoms with E-state index >= 15 is 0 Å². The molecule has 0 amide bonds. The molecule has 0 radical (unpaired) electrons. The van der Waals surface area contributed by atoms with Gasteiger partial charge in [0.2, 0.25) is 0 Å². The average Bonchev–Trinajstić information content (AvgIpc) is 2.73. The number of halogens is 1. The summed E-state index contributed by atoms with van der Waals surface area (Å²) in [6, 6.07) is 7.90. The van der Waals surface area contributed by atoms with Crippen LogP contribution in [0.2, 0.25) is 4.34 Å². The zero-order valence-corrected chi connectivity index (χ0v) is 11.3. The van der Waals surface area contributed by atoms with Gasteiger partial charge in [-0.25, -0.2) is 4.98 Å². The van der Waals surface area contributed by atoms with Gasteiger partial charge < -0.3 is 10.2 Å². The highest BCUT2D eigenvalue weighted by atomic mass is 35.5. The number of thiophene rings is 1. The highest BCUT2D eigenvalue weighted by molar-refractivity contribution is 7.16. The molecular formula is C12H14ClN3S. The highest BCUT2D eigenvalue weighted by Gasteiger charge is 2.05. The van der Waals surface area contributed by atoms with E-state index in [4.69, 9.17) is 11.6 Å². The van der Waals surface area contributed by atoms with Crippen molar-refractivity contribution < 1.29 is 0 Å². The van der Waals surface area contributed by atoms with Crippen LogP contribution in [-0.4, -0.2) is 19.1 Å². The van der Waals surface area contributed by atoms with Crippen LogP contribution in [-0.2, 0) is 6.54 Å². The third-order valence-electron chi connectivity index (χ3n) is 2.29. The van der Waals surface area contributed by atoms with Crippen molar-refractivity contribution in [2.24, 2.45) is 0 Å². The largest absolute Gasteiger partial charge is 0.377 e. The molecule has 0 bridgehead atoms. The second kappa shape index (κ2) is 5.38. The molecule has 0 unspecified atom stereocenters. The molecular weight excluding hydrogens is 254 g/mol. The SMILES string of the molecule is CN(C)c1ncccc1NCc1ccc(Cl)s1. The second-order valence-electron chi connectivity index (χ2n) is 3.83. The monoisotopic (exact) mass is 267 g/mol. The molecule has 0 atom stereocenters. The van der Waals surface area contributed by atoms with Crippen LogP contribution in [0.15, 0.2) is 30.5 Å². The Labute approximate surface area is 110 Å². The number of nitrogens with zero attached hydrogens (tertiary/aromatic N) is 2. The Bertz CT molecular complexity index is 496. The van der Waals surface area contributed by atoms with E-state index in [1.165, 1.54) is 4.88 Å². The smallest absolute Gasteiger partial charge is 0.151 e. The van der Waals surface area contributed by atoms with Gasteiger partial charge in [0.1, 0.15) is 0 Å². The minimum atomic E-state index is 0.768. The van der Waals surface area contributed by atoms with Gasteiger partial charge in [0.25, 0.3) is 0 Å². The predicted octanol–water partition coefficient (Wildman–Crippen LogP) is 3.47. The third-order valence-corrected chi connectivity index (χ3v) is 3.52. The van der Waals surface area contributed by atoms with E-state index in [0.29, 0.717) is 0 Å². The molecule has 0 aliphatic rings. The van der Waals surface area contributed by atoms with Crippen LogP contribution in [0.5, 0.6) is 0 Å². The van der Waals surface area contributed by atoms with Gasteiger partial charge in [-0.3, -0.25) is 0 Å². The lowest BCUT2D eigenvalue weighted by Crippen LogP contribution is -2.13. The summed E-state index contributed by atoms with van der Waals surface area (Å²) < 4.78 is 0.820. The topological polar surface area (TPSA) is 28.2 Å². The molecule has 0 saturated heterocycles. The molecule has 2 rings (SSSR count). The van der Waals surface area contributed by atoms with Crippen LogP contribution in [0.4, 0.5) is 11.5 Å². The maximum atomic E-state index is 5.89. The van der Waals surface area contributed by atoms with E-state index in [-0.39, 0.29) is 0 Å². The molecule has 0 spiro atoms. The summed E-state index contributed by atoms with van der Waals surface area (Å²) in [6.07, 6.45) is 1.79.